The molecule has 2 nitrogen and oxygen atoms in total. The van der Waals surface area contributed by atoms with Gasteiger partial charge in [0.1, 0.15) is 5.82 Å². The minimum absolute atomic E-state index is 0.189. The smallest absolute Gasteiger partial charge is 0.123 e. The second-order valence-electron chi connectivity index (χ2n) is 5.01. The van der Waals surface area contributed by atoms with E-state index in [1.54, 1.807) is 12.1 Å². The van der Waals surface area contributed by atoms with Crippen molar-refractivity contribution in [3.63, 3.8) is 0 Å². The van der Waals surface area contributed by atoms with E-state index in [2.05, 4.69) is 11.4 Å². The summed E-state index contributed by atoms with van der Waals surface area (Å²) in [6, 6.07) is 13.2. The fourth-order valence-corrected chi connectivity index (χ4v) is 2.58. The Morgan fingerprint density at radius 3 is 2.89 bits per heavy atom. The summed E-state index contributed by atoms with van der Waals surface area (Å²) in [4.78, 5) is 4.69. The maximum Gasteiger partial charge on any atom is 0.123 e. The largest absolute Gasteiger partial charge is 0.309 e. The van der Waals surface area contributed by atoms with E-state index in [0.29, 0.717) is 12.5 Å². The molecule has 1 aliphatic heterocycles. The maximum absolute atomic E-state index is 13.2. The van der Waals surface area contributed by atoms with Crippen molar-refractivity contribution in [2.24, 2.45) is 0 Å². The molecule has 1 aliphatic rings. The zero-order valence-corrected chi connectivity index (χ0v) is 10.8. The molecule has 0 spiro atoms. The van der Waals surface area contributed by atoms with E-state index in [9.17, 15) is 4.39 Å². The molecule has 0 amide bonds. The summed E-state index contributed by atoms with van der Waals surface area (Å²) in [5, 5.41) is 3.45. The molecule has 19 heavy (non-hydrogen) atoms. The first kappa shape index (κ1) is 12.3. The van der Waals surface area contributed by atoms with Crippen molar-refractivity contribution < 1.29 is 4.39 Å². The van der Waals surface area contributed by atoms with E-state index in [4.69, 9.17) is 4.98 Å². The predicted molar refractivity (Wildman–Crippen MR) is 73.4 cm³/mol. The van der Waals surface area contributed by atoms with Crippen LogP contribution in [-0.4, -0.2) is 11.5 Å². The van der Waals surface area contributed by atoms with Crippen LogP contribution in [0.1, 0.15) is 35.8 Å². The summed E-state index contributed by atoms with van der Waals surface area (Å²) in [5.74, 6) is -0.189. The Bertz CT molecular complexity index is 562. The number of nitrogens with one attached hydrogen (secondary N) is 1. The van der Waals surface area contributed by atoms with Crippen LogP contribution in [0.4, 0.5) is 4.39 Å². The van der Waals surface area contributed by atoms with Crippen LogP contribution in [0, 0.1) is 5.82 Å². The lowest BCUT2D eigenvalue weighted by atomic mass is 10.1. The Balaban J connectivity index is 1.79. The number of nitrogens with zero attached hydrogens (tertiary/aromatic N) is 1. The first-order valence-corrected chi connectivity index (χ1v) is 6.75. The second-order valence-corrected chi connectivity index (χ2v) is 5.01. The number of halogens is 1. The number of hydrogen-bond donors (Lipinski definition) is 1. The van der Waals surface area contributed by atoms with Gasteiger partial charge in [-0.15, -0.1) is 0 Å². The molecule has 2 aromatic rings. The molecule has 1 aromatic heterocycles. The molecule has 2 heterocycles. The molecular formula is C16H17FN2. The standard InChI is InChI=1S/C16H17FN2/c17-13-5-1-4-12(10-13)11-14-6-2-7-16(19-14)15-8-3-9-18-15/h1-2,4-7,10,15,18H,3,8-9,11H2/t15-/m1/s1. The highest BCUT2D eigenvalue weighted by Crippen LogP contribution is 2.21. The van der Waals surface area contributed by atoms with Crippen molar-refractivity contribution in [1.82, 2.24) is 10.3 Å². The molecule has 0 radical (unpaired) electrons. The van der Waals surface area contributed by atoms with Gasteiger partial charge in [0.15, 0.2) is 0 Å². The Morgan fingerprint density at radius 2 is 2.11 bits per heavy atom. The Morgan fingerprint density at radius 1 is 1.21 bits per heavy atom. The van der Waals surface area contributed by atoms with Crippen LogP contribution >= 0.6 is 0 Å². The van der Waals surface area contributed by atoms with Gasteiger partial charge in [-0.25, -0.2) is 4.39 Å². The summed E-state index contributed by atoms with van der Waals surface area (Å²) in [6.45, 7) is 1.07. The zero-order chi connectivity index (χ0) is 13.1. The molecule has 1 atom stereocenters. The van der Waals surface area contributed by atoms with Gasteiger partial charge < -0.3 is 5.32 Å². The molecule has 0 bridgehead atoms. The van der Waals surface area contributed by atoms with Gasteiger partial charge in [-0.3, -0.25) is 4.98 Å². The van der Waals surface area contributed by atoms with Gasteiger partial charge in [0.25, 0.3) is 0 Å². The molecule has 98 valence electrons. The van der Waals surface area contributed by atoms with E-state index < -0.39 is 0 Å². The molecule has 3 rings (SSSR count). The van der Waals surface area contributed by atoms with Crippen LogP contribution in [0.3, 0.4) is 0 Å². The third kappa shape index (κ3) is 2.99. The van der Waals surface area contributed by atoms with Gasteiger partial charge in [-0.1, -0.05) is 18.2 Å². The van der Waals surface area contributed by atoms with Gasteiger partial charge in [-0.2, -0.15) is 0 Å². The average Bonchev–Trinajstić information content (AvgIpc) is 2.93. The number of benzene rings is 1. The molecule has 0 saturated carbocycles. The number of aromatic nitrogens is 1. The highest BCUT2D eigenvalue weighted by molar-refractivity contribution is 5.24. The SMILES string of the molecule is Fc1cccc(Cc2cccc([C@H]3CCCN3)n2)c1. The van der Waals surface area contributed by atoms with Crippen molar-refractivity contribution in [2.45, 2.75) is 25.3 Å². The quantitative estimate of drug-likeness (QED) is 0.912. The second kappa shape index (κ2) is 5.49. The van der Waals surface area contributed by atoms with Crippen molar-refractivity contribution >= 4 is 0 Å². The first-order valence-electron chi connectivity index (χ1n) is 6.75. The lowest BCUT2D eigenvalue weighted by Gasteiger charge is -2.11. The van der Waals surface area contributed by atoms with Gasteiger partial charge in [0.2, 0.25) is 0 Å². The fourth-order valence-electron chi connectivity index (χ4n) is 2.58. The molecule has 1 fully saturated rings. The van der Waals surface area contributed by atoms with Crippen LogP contribution in [0.2, 0.25) is 0 Å². The molecule has 0 aliphatic carbocycles. The van der Waals surface area contributed by atoms with Crippen molar-refractivity contribution in [3.8, 4) is 0 Å². The summed E-state index contributed by atoms with van der Waals surface area (Å²) in [7, 11) is 0. The molecule has 3 heteroatoms. The van der Waals surface area contributed by atoms with Crippen molar-refractivity contribution in [2.75, 3.05) is 6.54 Å². The van der Waals surface area contributed by atoms with Crippen LogP contribution in [0.25, 0.3) is 0 Å². The minimum atomic E-state index is -0.189. The van der Waals surface area contributed by atoms with E-state index in [1.165, 1.54) is 12.5 Å². The topological polar surface area (TPSA) is 24.9 Å². The van der Waals surface area contributed by atoms with Crippen LogP contribution in [0.5, 0.6) is 0 Å². The normalized spacial score (nSPS) is 18.7. The average molecular weight is 256 g/mol. The van der Waals surface area contributed by atoms with E-state index in [1.807, 2.05) is 18.2 Å². The molecule has 1 aromatic carbocycles. The van der Waals surface area contributed by atoms with Crippen LogP contribution in [-0.2, 0) is 6.42 Å². The van der Waals surface area contributed by atoms with Crippen molar-refractivity contribution in [3.05, 3.63) is 65.2 Å². The van der Waals surface area contributed by atoms with Crippen LogP contribution < -0.4 is 5.32 Å². The highest BCUT2D eigenvalue weighted by atomic mass is 19.1. The summed E-state index contributed by atoms with van der Waals surface area (Å²) in [6.07, 6.45) is 3.04. The van der Waals surface area contributed by atoms with Gasteiger partial charge in [0, 0.05) is 18.2 Å². The molecule has 1 N–H and O–H groups in total. The Hall–Kier alpha value is -1.74. The van der Waals surface area contributed by atoms with Crippen molar-refractivity contribution in [1.29, 1.82) is 0 Å². The lowest BCUT2D eigenvalue weighted by Crippen LogP contribution is -2.14. The van der Waals surface area contributed by atoms with Gasteiger partial charge >= 0.3 is 0 Å². The highest BCUT2D eigenvalue weighted by Gasteiger charge is 2.17. The predicted octanol–water partition coefficient (Wildman–Crippen LogP) is 3.24. The number of hydrogen-bond acceptors (Lipinski definition) is 2. The molecule has 0 unspecified atom stereocenters. The third-order valence-electron chi connectivity index (χ3n) is 3.52. The Labute approximate surface area is 112 Å². The fraction of sp³-hybridized carbons (Fsp3) is 0.312. The van der Waals surface area contributed by atoms with Crippen LogP contribution in [0.15, 0.2) is 42.5 Å². The summed E-state index contributed by atoms with van der Waals surface area (Å²) in [5.41, 5.74) is 3.06. The number of pyridine rings is 1. The van der Waals surface area contributed by atoms with E-state index >= 15 is 0 Å². The maximum atomic E-state index is 13.2. The molecule has 1 saturated heterocycles. The third-order valence-corrected chi connectivity index (χ3v) is 3.52. The van der Waals surface area contributed by atoms with E-state index in [0.717, 1.165) is 29.9 Å². The monoisotopic (exact) mass is 256 g/mol. The minimum Gasteiger partial charge on any atom is -0.309 e. The summed E-state index contributed by atoms with van der Waals surface area (Å²) >= 11 is 0. The lowest BCUT2D eigenvalue weighted by molar-refractivity contribution is 0.622. The summed E-state index contributed by atoms with van der Waals surface area (Å²) < 4.78 is 13.2. The van der Waals surface area contributed by atoms with E-state index in [-0.39, 0.29) is 5.82 Å². The van der Waals surface area contributed by atoms with Gasteiger partial charge in [-0.05, 0) is 49.2 Å². The first-order chi connectivity index (χ1) is 9.31. The molecular weight excluding hydrogens is 239 g/mol. The zero-order valence-electron chi connectivity index (χ0n) is 10.8. The van der Waals surface area contributed by atoms with Gasteiger partial charge in [0.05, 0.1) is 5.69 Å². The Kier molecular flexibility index (Phi) is 3.56. The number of rotatable bonds is 3.